The lowest BCUT2D eigenvalue weighted by Gasteiger charge is -2.23. The Balaban J connectivity index is 1.84. The molecule has 1 fully saturated rings. The molecule has 1 aromatic rings. The van der Waals surface area contributed by atoms with Crippen LogP contribution >= 0.6 is 0 Å². The number of aromatic nitrogens is 1. The number of primary amides is 1. The molecule has 1 amide bonds. The lowest BCUT2D eigenvalue weighted by Crippen LogP contribution is -2.38. The fourth-order valence-corrected chi connectivity index (χ4v) is 1.86. The Morgan fingerprint density at radius 3 is 3.00 bits per heavy atom. The fraction of sp³-hybridized carbons (Fsp3) is 0.500. The quantitative estimate of drug-likeness (QED) is 0.805. The van der Waals surface area contributed by atoms with Gasteiger partial charge < -0.3 is 15.8 Å². The summed E-state index contributed by atoms with van der Waals surface area (Å²) in [5.41, 5.74) is 5.52. The van der Waals surface area contributed by atoms with Crippen molar-refractivity contribution in [2.24, 2.45) is 5.73 Å². The van der Waals surface area contributed by atoms with Crippen LogP contribution in [0.4, 0.5) is 0 Å². The van der Waals surface area contributed by atoms with Gasteiger partial charge in [-0.1, -0.05) is 6.42 Å². The summed E-state index contributed by atoms with van der Waals surface area (Å²) in [6, 6.07) is 3.70. The van der Waals surface area contributed by atoms with Crippen molar-refractivity contribution >= 4 is 5.91 Å². The highest BCUT2D eigenvalue weighted by atomic mass is 16.5. The normalized spacial score (nSPS) is 19.9. The van der Waals surface area contributed by atoms with Gasteiger partial charge in [-0.25, -0.2) is 4.98 Å². The van der Waals surface area contributed by atoms with Crippen LogP contribution in [-0.2, 0) is 0 Å². The van der Waals surface area contributed by atoms with Crippen LogP contribution in [0, 0.1) is 0 Å². The summed E-state index contributed by atoms with van der Waals surface area (Å²) >= 11 is 0. The lowest BCUT2D eigenvalue weighted by molar-refractivity contribution is 0.1000. The van der Waals surface area contributed by atoms with Crippen LogP contribution in [0.2, 0.25) is 0 Å². The molecule has 1 aliphatic rings. The number of amides is 1. The molecular formula is C12H17N3O2. The monoisotopic (exact) mass is 235 g/mol. The SMILES string of the molecule is NC(=O)c1ccc(OCC2CCCCN2)nc1. The van der Waals surface area contributed by atoms with E-state index in [1.54, 1.807) is 12.1 Å². The molecule has 0 radical (unpaired) electrons. The molecule has 0 aliphatic carbocycles. The first-order valence-corrected chi connectivity index (χ1v) is 5.88. The van der Waals surface area contributed by atoms with Crippen molar-refractivity contribution in [1.82, 2.24) is 10.3 Å². The Morgan fingerprint density at radius 1 is 1.53 bits per heavy atom. The van der Waals surface area contributed by atoms with Crippen LogP contribution in [0.3, 0.4) is 0 Å². The Hall–Kier alpha value is -1.62. The average molecular weight is 235 g/mol. The van der Waals surface area contributed by atoms with Gasteiger partial charge in [-0.05, 0) is 25.5 Å². The van der Waals surface area contributed by atoms with Crippen LogP contribution in [0.15, 0.2) is 18.3 Å². The van der Waals surface area contributed by atoms with Crippen LogP contribution < -0.4 is 15.8 Å². The third-order valence-corrected chi connectivity index (χ3v) is 2.87. The largest absolute Gasteiger partial charge is 0.476 e. The first-order chi connectivity index (χ1) is 8.25. The van der Waals surface area contributed by atoms with Gasteiger partial charge in [0.05, 0.1) is 5.56 Å². The smallest absolute Gasteiger partial charge is 0.250 e. The molecule has 5 nitrogen and oxygen atoms in total. The molecule has 92 valence electrons. The number of carbonyl (C=O) groups excluding carboxylic acids is 1. The number of pyridine rings is 1. The van der Waals surface area contributed by atoms with Crippen molar-refractivity contribution in [3.8, 4) is 5.88 Å². The Labute approximate surface area is 100 Å². The zero-order valence-corrected chi connectivity index (χ0v) is 9.69. The van der Waals surface area contributed by atoms with Gasteiger partial charge in [0.2, 0.25) is 11.8 Å². The molecule has 0 aromatic carbocycles. The fourth-order valence-electron chi connectivity index (χ4n) is 1.86. The number of rotatable bonds is 4. The van der Waals surface area contributed by atoms with Crippen molar-refractivity contribution in [2.45, 2.75) is 25.3 Å². The summed E-state index contributed by atoms with van der Waals surface area (Å²) in [6.07, 6.45) is 5.06. The maximum absolute atomic E-state index is 10.8. The number of nitrogens with two attached hydrogens (primary N) is 1. The summed E-state index contributed by atoms with van der Waals surface area (Å²) in [7, 11) is 0. The second kappa shape index (κ2) is 5.63. The zero-order chi connectivity index (χ0) is 12.1. The topological polar surface area (TPSA) is 77.2 Å². The van der Waals surface area contributed by atoms with Crippen LogP contribution in [-0.4, -0.2) is 30.1 Å². The van der Waals surface area contributed by atoms with Gasteiger partial charge in [0, 0.05) is 18.3 Å². The van der Waals surface area contributed by atoms with E-state index in [0.29, 0.717) is 24.1 Å². The Morgan fingerprint density at radius 2 is 2.41 bits per heavy atom. The summed E-state index contributed by atoms with van der Waals surface area (Å²) in [5.74, 6) is 0.0559. The Bertz CT molecular complexity index is 372. The minimum absolute atomic E-state index is 0.396. The van der Waals surface area contributed by atoms with Gasteiger partial charge in [0.25, 0.3) is 0 Å². The molecule has 0 spiro atoms. The molecule has 1 aromatic heterocycles. The average Bonchev–Trinajstić information content (AvgIpc) is 2.38. The summed E-state index contributed by atoms with van der Waals surface area (Å²) < 4.78 is 5.55. The van der Waals surface area contributed by atoms with Gasteiger partial charge in [0.1, 0.15) is 6.61 Å². The van der Waals surface area contributed by atoms with Crippen LogP contribution in [0.1, 0.15) is 29.6 Å². The molecule has 17 heavy (non-hydrogen) atoms. The van der Waals surface area contributed by atoms with E-state index in [1.807, 2.05) is 0 Å². The van der Waals surface area contributed by atoms with Crippen molar-refractivity contribution < 1.29 is 9.53 Å². The summed E-state index contributed by atoms with van der Waals surface area (Å²) in [5, 5.41) is 3.39. The maximum Gasteiger partial charge on any atom is 0.250 e. The van der Waals surface area contributed by atoms with E-state index in [4.69, 9.17) is 10.5 Å². The third-order valence-electron chi connectivity index (χ3n) is 2.87. The summed E-state index contributed by atoms with van der Waals surface area (Å²) in [6.45, 7) is 1.67. The minimum atomic E-state index is -0.474. The van der Waals surface area contributed by atoms with Crippen LogP contribution in [0.5, 0.6) is 5.88 Å². The molecule has 1 unspecified atom stereocenters. The molecule has 3 N–H and O–H groups in total. The van der Waals surface area contributed by atoms with Crippen molar-refractivity contribution in [3.63, 3.8) is 0 Å². The zero-order valence-electron chi connectivity index (χ0n) is 9.69. The standard InChI is InChI=1S/C12H17N3O2/c13-12(16)9-4-5-11(15-7-9)17-8-10-3-1-2-6-14-10/h4-5,7,10,14H,1-3,6,8H2,(H2,13,16). The van der Waals surface area contributed by atoms with E-state index >= 15 is 0 Å². The first kappa shape index (κ1) is 11.9. The van der Waals surface area contributed by atoms with Gasteiger partial charge in [0.15, 0.2) is 0 Å². The number of nitrogens with one attached hydrogen (secondary N) is 1. The van der Waals surface area contributed by atoms with Crippen molar-refractivity contribution in [3.05, 3.63) is 23.9 Å². The number of piperidine rings is 1. The first-order valence-electron chi connectivity index (χ1n) is 5.88. The Kier molecular flexibility index (Phi) is 3.93. The number of nitrogens with zero attached hydrogens (tertiary/aromatic N) is 1. The molecule has 0 bridgehead atoms. The van der Waals surface area contributed by atoms with E-state index in [-0.39, 0.29) is 0 Å². The molecular weight excluding hydrogens is 218 g/mol. The highest BCUT2D eigenvalue weighted by Gasteiger charge is 2.13. The van der Waals surface area contributed by atoms with E-state index in [9.17, 15) is 4.79 Å². The van der Waals surface area contributed by atoms with E-state index in [1.165, 1.54) is 19.0 Å². The van der Waals surface area contributed by atoms with Gasteiger partial charge in [-0.15, -0.1) is 0 Å². The van der Waals surface area contributed by atoms with Gasteiger partial charge >= 0.3 is 0 Å². The van der Waals surface area contributed by atoms with E-state index < -0.39 is 5.91 Å². The predicted octanol–water partition coefficient (Wildman–Crippen LogP) is 0.701. The van der Waals surface area contributed by atoms with Crippen molar-refractivity contribution in [2.75, 3.05) is 13.2 Å². The second-order valence-electron chi connectivity index (χ2n) is 4.21. The number of hydrogen-bond donors (Lipinski definition) is 2. The van der Waals surface area contributed by atoms with Crippen molar-refractivity contribution in [1.29, 1.82) is 0 Å². The minimum Gasteiger partial charge on any atom is -0.476 e. The van der Waals surface area contributed by atoms with Gasteiger partial charge in [-0.3, -0.25) is 4.79 Å². The second-order valence-corrected chi connectivity index (χ2v) is 4.21. The highest BCUT2D eigenvalue weighted by molar-refractivity contribution is 5.92. The molecule has 1 aliphatic heterocycles. The predicted molar refractivity (Wildman–Crippen MR) is 63.9 cm³/mol. The number of hydrogen-bond acceptors (Lipinski definition) is 4. The summed E-state index contributed by atoms with van der Waals surface area (Å²) in [4.78, 5) is 14.9. The highest BCUT2D eigenvalue weighted by Crippen LogP contribution is 2.11. The molecule has 2 rings (SSSR count). The molecule has 1 atom stereocenters. The lowest BCUT2D eigenvalue weighted by atomic mass is 10.1. The molecule has 2 heterocycles. The number of ether oxygens (including phenoxy) is 1. The third kappa shape index (κ3) is 3.42. The van der Waals surface area contributed by atoms with Gasteiger partial charge in [-0.2, -0.15) is 0 Å². The molecule has 5 heteroatoms. The number of carbonyl (C=O) groups is 1. The molecule has 1 saturated heterocycles. The van der Waals surface area contributed by atoms with E-state index in [2.05, 4.69) is 10.3 Å². The van der Waals surface area contributed by atoms with Crippen LogP contribution in [0.25, 0.3) is 0 Å². The molecule has 0 saturated carbocycles. The maximum atomic E-state index is 10.8. The van der Waals surface area contributed by atoms with E-state index in [0.717, 1.165) is 13.0 Å².